The van der Waals surface area contributed by atoms with Gasteiger partial charge in [0.2, 0.25) is 0 Å². The molecule has 0 N–H and O–H groups in total. The highest BCUT2D eigenvalue weighted by Crippen LogP contribution is 2.31. The number of fused-ring (bicyclic) bond motifs is 1. The lowest BCUT2D eigenvalue weighted by Crippen LogP contribution is -2.29. The molecule has 8 heteroatoms. The molecule has 25 heavy (non-hydrogen) atoms. The molecule has 2 amide bonds. The molecule has 132 valence electrons. The minimum atomic E-state index is -0.181. The van der Waals surface area contributed by atoms with Gasteiger partial charge in [0.1, 0.15) is 5.65 Å². The molecule has 0 aliphatic carbocycles. The maximum absolute atomic E-state index is 12.2. The van der Waals surface area contributed by atoms with Crippen LogP contribution in [0.2, 0.25) is 0 Å². The highest BCUT2D eigenvalue weighted by molar-refractivity contribution is 8.18. The summed E-state index contributed by atoms with van der Waals surface area (Å²) in [6, 6.07) is 6.05. The van der Waals surface area contributed by atoms with E-state index in [-0.39, 0.29) is 11.1 Å². The number of rotatable bonds is 7. The van der Waals surface area contributed by atoms with Crippen molar-refractivity contribution in [1.82, 2.24) is 19.2 Å². The van der Waals surface area contributed by atoms with Crippen LogP contribution in [0, 0.1) is 0 Å². The highest BCUT2D eigenvalue weighted by Gasteiger charge is 2.34. The third-order valence-electron chi connectivity index (χ3n) is 3.67. The van der Waals surface area contributed by atoms with Gasteiger partial charge in [0.05, 0.1) is 9.93 Å². The van der Waals surface area contributed by atoms with Crippen LogP contribution in [0.5, 0.6) is 0 Å². The molecule has 0 radical (unpaired) electrons. The van der Waals surface area contributed by atoms with Gasteiger partial charge >= 0.3 is 0 Å². The van der Waals surface area contributed by atoms with Crippen molar-refractivity contribution in [1.29, 1.82) is 0 Å². The number of carbonyl (C=O) groups is 2. The van der Waals surface area contributed by atoms with Crippen molar-refractivity contribution >= 4 is 40.3 Å². The molecule has 0 unspecified atom stereocenters. The van der Waals surface area contributed by atoms with Gasteiger partial charge in [0.15, 0.2) is 0 Å². The van der Waals surface area contributed by atoms with Crippen LogP contribution in [0.4, 0.5) is 4.79 Å². The fraction of sp³-hybridized carbons (Fsp3) is 0.353. The van der Waals surface area contributed by atoms with Crippen molar-refractivity contribution in [2.75, 3.05) is 26.4 Å². The molecular weight excluding hydrogens is 356 g/mol. The zero-order chi connectivity index (χ0) is 17.8. The molecule has 0 saturated carbocycles. The zero-order valence-electron chi connectivity index (χ0n) is 14.2. The van der Waals surface area contributed by atoms with Crippen LogP contribution in [0.25, 0.3) is 5.65 Å². The second kappa shape index (κ2) is 7.97. The van der Waals surface area contributed by atoms with Crippen molar-refractivity contribution < 1.29 is 9.59 Å². The molecule has 2 aromatic heterocycles. The zero-order valence-corrected chi connectivity index (χ0v) is 15.8. The monoisotopic (exact) mass is 376 g/mol. The number of pyridine rings is 1. The van der Waals surface area contributed by atoms with Crippen LogP contribution < -0.4 is 0 Å². The Labute approximate surface area is 155 Å². The SMILES string of the molecule is CN(C)/C=C1\SC(=O)N(CCCCSc2cccc3nccn23)C1=O. The number of thioether (sulfide) groups is 2. The molecule has 0 bridgehead atoms. The molecule has 1 aliphatic heterocycles. The van der Waals surface area contributed by atoms with E-state index in [1.54, 1.807) is 29.1 Å². The van der Waals surface area contributed by atoms with Crippen molar-refractivity contribution in [3.63, 3.8) is 0 Å². The van der Waals surface area contributed by atoms with Crippen LogP contribution in [0.1, 0.15) is 12.8 Å². The van der Waals surface area contributed by atoms with Crippen molar-refractivity contribution in [2.45, 2.75) is 17.9 Å². The van der Waals surface area contributed by atoms with Crippen LogP contribution in [-0.2, 0) is 4.79 Å². The van der Waals surface area contributed by atoms with E-state index >= 15 is 0 Å². The Morgan fingerprint density at radius 3 is 2.92 bits per heavy atom. The largest absolute Gasteiger partial charge is 0.382 e. The Balaban J connectivity index is 1.47. The molecule has 3 rings (SSSR count). The first kappa shape index (κ1) is 17.9. The van der Waals surface area contributed by atoms with Crippen molar-refractivity contribution in [2.24, 2.45) is 0 Å². The van der Waals surface area contributed by atoms with E-state index < -0.39 is 0 Å². The first-order valence-corrected chi connectivity index (χ1v) is 9.83. The van der Waals surface area contributed by atoms with E-state index in [9.17, 15) is 9.59 Å². The van der Waals surface area contributed by atoms with Gasteiger partial charge in [-0.2, -0.15) is 0 Å². The molecule has 1 saturated heterocycles. The number of carbonyl (C=O) groups excluding carboxylic acids is 2. The summed E-state index contributed by atoms with van der Waals surface area (Å²) >= 11 is 2.77. The second-order valence-electron chi connectivity index (χ2n) is 5.86. The maximum Gasteiger partial charge on any atom is 0.293 e. The smallest absolute Gasteiger partial charge is 0.293 e. The summed E-state index contributed by atoms with van der Waals surface area (Å²) in [6.07, 6.45) is 7.19. The van der Waals surface area contributed by atoms with E-state index in [2.05, 4.69) is 15.5 Å². The number of imide groups is 1. The van der Waals surface area contributed by atoms with Gasteiger partial charge in [-0.3, -0.25) is 18.9 Å². The summed E-state index contributed by atoms with van der Waals surface area (Å²) in [5.74, 6) is 0.751. The topological polar surface area (TPSA) is 57.9 Å². The Hall–Kier alpha value is -1.93. The molecule has 6 nitrogen and oxygen atoms in total. The second-order valence-corrected chi connectivity index (χ2v) is 7.97. The normalized spacial score (nSPS) is 16.4. The Morgan fingerprint density at radius 2 is 2.12 bits per heavy atom. The lowest BCUT2D eigenvalue weighted by molar-refractivity contribution is -0.122. The molecular formula is C17H20N4O2S2. The third kappa shape index (κ3) is 4.19. The van der Waals surface area contributed by atoms with E-state index in [0.29, 0.717) is 11.4 Å². The number of amides is 2. The Morgan fingerprint density at radius 1 is 1.28 bits per heavy atom. The summed E-state index contributed by atoms with van der Waals surface area (Å²) in [4.78, 5) is 32.1. The van der Waals surface area contributed by atoms with E-state index in [1.165, 1.54) is 4.90 Å². The van der Waals surface area contributed by atoms with Gasteiger partial charge in [-0.25, -0.2) is 4.98 Å². The van der Waals surface area contributed by atoms with Gasteiger partial charge in [0.25, 0.3) is 11.1 Å². The molecule has 0 spiro atoms. The number of unbranched alkanes of at least 4 members (excludes halogenated alkanes) is 1. The Kier molecular flexibility index (Phi) is 5.70. The van der Waals surface area contributed by atoms with Crippen LogP contribution in [-0.4, -0.2) is 56.7 Å². The minimum absolute atomic E-state index is 0.172. The first-order chi connectivity index (χ1) is 12.1. The molecule has 2 aromatic rings. The van der Waals surface area contributed by atoms with Crippen LogP contribution in [0.3, 0.4) is 0 Å². The third-order valence-corrected chi connectivity index (χ3v) is 5.68. The predicted octanol–water partition coefficient (Wildman–Crippen LogP) is 3.31. The summed E-state index contributed by atoms with van der Waals surface area (Å²) in [7, 11) is 3.68. The van der Waals surface area contributed by atoms with Gasteiger partial charge in [-0.15, -0.1) is 11.8 Å². The molecule has 1 aliphatic rings. The maximum atomic E-state index is 12.2. The first-order valence-electron chi connectivity index (χ1n) is 8.03. The van der Waals surface area contributed by atoms with E-state index in [4.69, 9.17) is 0 Å². The summed E-state index contributed by atoms with van der Waals surface area (Å²) in [5.41, 5.74) is 0.940. The summed E-state index contributed by atoms with van der Waals surface area (Å²) in [5, 5.41) is 0.976. The average molecular weight is 377 g/mol. The van der Waals surface area contributed by atoms with Gasteiger partial charge in [-0.1, -0.05) is 6.07 Å². The van der Waals surface area contributed by atoms with E-state index in [1.807, 2.05) is 32.4 Å². The molecule has 1 fully saturated rings. The van der Waals surface area contributed by atoms with Crippen molar-refractivity contribution in [3.8, 4) is 0 Å². The fourth-order valence-corrected chi connectivity index (χ4v) is 4.46. The van der Waals surface area contributed by atoms with Gasteiger partial charge in [-0.05, 0) is 42.5 Å². The van der Waals surface area contributed by atoms with Crippen LogP contribution >= 0.6 is 23.5 Å². The van der Waals surface area contributed by atoms with Gasteiger partial charge in [0, 0.05) is 39.2 Å². The number of imidazole rings is 1. The van der Waals surface area contributed by atoms with Crippen molar-refractivity contribution in [3.05, 3.63) is 41.7 Å². The van der Waals surface area contributed by atoms with Gasteiger partial charge < -0.3 is 4.90 Å². The minimum Gasteiger partial charge on any atom is -0.382 e. The number of nitrogens with zero attached hydrogens (tertiary/aromatic N) is 4. The quantitative estimate of drug-likeness (QED) is 0.420. The molecule has 0 atom stereocenters. The average Bonchev–Trinajstić information content (AvgIpc) is 3.14. The van der Waals surface area contributed by atoms with E-state index in [0.717, 1.165) is 41.0 Å². The van der Waals surface area contributed by atoms with Crippen LogP contribution in [0.15, 0.2) is 46.7 Å². The standard InChI is InChI=1S/C17H20N4O2S2/c1-19(2)12-13-16(22)21(17(23)25-13)9-3-4-11-24-15-7-5-6-14-18-8-10-20(14)15/h5-8,10,12H,3-4,9,11H2,1-2H3/b13-12-. The lowest BCUT2D eigenvalue weighted by Gasteiger charge is -2.12. The summed E-state index contributed by atoms with van der Waals surface area (Å²) in [6.45, 7) is 0.477. The number of hydrogen-bond donors (Lipinski definition) is 0. The fourth-order valence-electron chi connectivity index (χ4n) is 2.51. The molecule has 3 heterocycles. The number of aromatic nitrogens is 2. The Bertz CT molecular complexity index is 816. The summed E-state index contributed by atoms with van der Waals surface area (Å²) < 4.78 is 2.06. The molecule has 0 aromatic carbocycles. The lowest BCUT2D eigenvalue weighted by atomic mass is 10.3. The number of hydrogen-bond acceptors (Lipinski definition) is 6. The predicted molar refractivity (Wildman–Crippen MR) is 102 cm³/mol. The highest BCUT2D eigenvalue weighted by atomic mass is 32.2.